The van der Waals surface area contributed by atoms with Gasteiger partial charge in [-0.15, -0.1) is 0 Å². The van der Waals surface area contributed by atoms with Crippen LogP contribution >= 0.6 is 15.9 Å². The number of hydrogen-bond acceptors (Lipinski definition) is 3. The number of benzene rings is 1. The van der Waals surface area contributed by atoms with Crippen LogP contribution in [-0.2, 0) is 6.42 Å². The number of ether oxygens (including phenoxy) is 1. The van der Waals surface area contributed by atoms with Crippen molar-refractivity contribution in [2.45, 2.75) is 70.5 Å². The van der Waals surface area contributed by atoms with E-state index < -0.39 is 12.7 Å². The van der Waals surface area contributed by atoms with Crippen LogP contribution < -0.4 is 4.74 Å². The van der Waals surface area contributed by atoms with Crippen LogP contribution in [0.4, 0.5) is 13.2 Å². The van der Waals surface area contributed by atoms with Crippen LogP contribution in [0.3, 0.4) is 0 Å². The van der Waals surface area contributed by atoms with E-state index in [2.05, 4.69) is 33.0 Å². The van der Waals surface area contributed by atoms with Crippen LogP contribution in [0, 0.1) is 11.8 Å². The molecular formula is C25H38BrF3N2O. The van der Waals surface area contributed by atoms with Crippen molar-refractivity contribution in [1.82, 2.24) is 9.80 Å². The van der Waals surface area contributed by atoms with Crippen LogP contribution in [0.2, 0.25) is 0 Å². The van der Waals surface area contributed by atoms with Gasteiger partial charge in [-0.05, 0) is 113 Å². The van der Waals surface area contributed by atoms with Crippen molar-refractivity contribution in [1.29, 1.82) is 0 Å². The van der Waals surface area contributed by atoms with Gasteiger partial charge in [-0.2, -0.15) is 13.2 Å². The summed E-state index contributed by atoms with van der Waals surface area (Å²) in [5.41, 5.74) is 1.33. The molecule has 0 unspecified atom stereocenters. The minimum atomic E-state index is -4.10. The molecule has 0 aromatic heterocycles. The second kappa shape index (κ2) is 12.1. The van der Waals surface area contributed by atoms with Crippen molar-refractivity contribution >= 4 is 15.9 Å². The lowest BCUT2D eigenvalue weighted by molar-refractivity contribution is -0.152. The molecule has 0 amide bonds. The zero-order chi connectivity index (χ0) is 23.1. The van der Waals surface area contributed by atoms with Gasteiger partial charge in [0.2, 0.25) is 0 Å². The molecule has 0 bridgehead atoms. The van der Waals surface area contributed by atoms with E-state index in [-0.39, 0.29) is 6.04 Å². The lowest BCUT2D eigenvalue weighted by atomic mass is 9.83. The first kappa shape index (κ1) is 25.8. The molecule has 2 aliphatic rings. The number of nitrogens with zero attached hydrogens (tertiary/aromatic N) is 2. The molecule has 1 saturated carbocycles. The van der Waals surface area contributed by atoms with E-state index in [1.807, 2.05) is 13.0 Å². The van der Waals surface area contributed by atoms with Gasteiger partial charge in [-0.3, -0.25) is 4.90 Å². The molecule has 0 radical (unpaired) electrons. The fourth-order valence-electron chi connectivity index (χ4n) is 5.45. The molecule has 3 nitrogen and oxygen atoms in total. The third kappa shape index (κ3) is 7.91. The van der Waals surface area contributed by atoms with Crippen molar-refractivity contribution in [3.8, 4) is 5.75 Å². The number of piperidine rings is 1. The van der Waals surface area contributed by atoms with Crippen LogP contribution in [0.1, 0.15) is 57.4 Å². The molecule has 0 atom stereocenters. The monoisotopic (exact) mass is 518 g/mol. The Morgan fingerprint density at radius 2 is 1.75 bits per heavy atom. The van der Waals surface area contributed by atoms with Gasteiger partial charge in [0, 0.05) is 10.5 Å². The molecule has 182 valence electrons. The van der Waals surface area contributed by atoms with E-state index in [4.69, 9.17) is 4.74 Å². The van der Waals surface area contributed by atoms with E-state index >= 15 is 0 Å². The number of likely N-dealkylation sites (tertiary alicyclic amines) is 1. The summed E-state index contributed by atoms with van der Waals surface area (Å²) >= 11 is 3.67. The van der Waals surface area contributed by atoms with Gasteiger partial charge < -0.3 is 9.64 Å². The molecule has 7 heteroatoms. The zero-order valence-electron chi connectivity index (χ0n) is 19.5. The average Bonchev–Trinajstić information content (AvgIpc) is 2.78. The Labute approximate surface area is 199 Å². The maximum atomic E-state index is 12.8. The Morgan fingerprint density at radius 1 is 1.06 bits per heavy atom. The highest BCUT2D eigenvalue weighted by Crippen LogP contribution is 2.32. The largest absolute Gasteiger partial charge is 0.497 e. The molecule has 0 N–H and O–H groups in total. The van der Waals surface area contributed by atoms with Gasteiger partial charge in [0.1, 0.15) is 5.75 Å². The Balaban J connectivity index is 1.35. The molecule has 1 aromatic rings. The maximum Gasteiger partial charge on any atom is 0.401 e. The van der Waals surface area contributed by atoms with E-state index in [0.29, 0.717) is 18.4 Å². The van der Waals surface area contributed by atoms with Gasteiger partial charge in [0.25, 0.3) is 0 Å². The molecule has 32 heavy (non-hydrogen) atoms. The van der Waals surface area contributed by atoms with Crippen LogP contribution in [-0.4, -0.2) is 61.9 Å². The maximum absolute atomic E-state index is 12.8. The molecular weight excluding hydrogens is 481 g/mol. The van der Waals surface area contributed by atoms with Gasteiger partial charge in [-0.1, -0.05) is 22.9 Å². The van der Waals surface area contributed by atoms with E-state index in [1.54, 1.807) is 12.0 Å². The number of rotatable bonds is 9. The summed E-state index contributed by atoms with van der Waals surface area (Å²) in [5.74, 6) is 2.29. The Morgan fingerprint density at radius 3 is 2.34 bits per heavy atom. The summed E-state index contributed by atoms with van der Waals surface area (Å²) in [6, 6.07) is 6.30. The Hall–Kier alpha value is -0.790. The second-order valence-electron chi connectivity index (χ2n) is 9.59. The van der Waals surface area contributed by atoms with Crippen LogP contribution in [0.25, 0.3) is 0 Å². The predicted molar refractivity (Wildman–Crippen MR) is 127 cm³/mol. The highest BCUT2D eigenvalue weighted by atomic mass is 79.9. The molecule has 1 heterocycles. The van der Waals surface area contributed by atoms with Gasteiger partial charge >= 0.3 is 6.18 Å². The normalized spacial score (nSPS) is 23.6. The minimum Gasteiger partial charge on any atom is -0.497 e. The van der Waals surface area contributed by atoms with Gasteiger partial charge in [-0.25, -0.2) is 0 Å². The number of hydrogen-bond donors (Lipinski definition) is 0. The van der Waals surface area contributed by atoms with Crippen molar-refractivity contribution in [3.05, 3.63) is 28.2 Å². The standard InChI is InChI=1S/C25H38BrF3N2O/c1-3-31(18-25(27,28)29)22-6-4-19(5-7-22)10-13-30-14-11-20(12-15-30)16-21-17-23(32-2)8-9-24(21)26/h8-9,17,19-20,22H,3-7,10-16,18H2,1-2H3. The molecule has 2 fully saturated rings. The Bertz CT molecular complexity index is 699. The van der Waals surface area contributed by atoms with Crippen LogP contribution in [0.5, 0.6) is 5.75 Å². The van der Waals surface area contributed by atoms with Crippen molar-refractivity contribution < 1.29 is 17.9 Å². The van der Waals surface area contributed by atoms with Gasteiger partial charge in [0.15, 0.2) is 0 Å². The summed E-state index contributed by atoms with van der Waals surface area (Å²) in [4.78, 5) is 4.22. The first-order valence-electron chi connectivity index (χ1n) is 12.1. The summed E-state index contributed by atoms with van der Waals surface area (Å²) < 4.78 is 44.9. The van der Waals surface area contributed by atoms with E-state index in [1.165, 1.54) is 24.8 Å². The lowest BCUT2D eigenvalue weighted by Crippen LogP contribution is -2.43. The number of alkyl halides is 3. The molecule has 0 spiro atoms. The quantitative estimate of drug-likeness (QED) is 0.368. The third-order valence-electron chi connectivity index (χ3n) is 7.44. The zero-order valence-corrected chi connectivity index (χ0v) is 21.1. The minimum absolute atomic E-state index is 0.101. The smallest absolute Gasteiger partial charge is 0.401 e. The fraction of sp³-hybridized carbons (Fsp3) is 0.760. The SMILES string of the molecule is CCN(CC(F)(F)F)C1CCC(CCN2CCC(Cc3cc(OC)ccc3Br)CC2)CC1. The topological polar surface area (TPSA) is 15.7 Å². The van der Waals surface area contributed by atoms with Crippen molar-refractivity contribution in [3.63, 3.8) is 0 Å². The number of halogens is 4. The first-order chi connectivity index (χ1) is 15.3. The fourth-order valence-corrected chi connectivity index (χ4v) is 5.86. The average molecular weight is 519 g/mol. The number of methoxy groups -OCH3 is 1. The summed E-state index contributed by atoms with van der Waals surface area (Å²) in [5, 5.41) is 0. The molecule has 3 rings (SSSR count). The molecule has 1 aliphatic carbocycles. The van der Waals surface area contributed by atoms with Gasteiger partial charge in [0.05, 0.1) is 13.7 Å². The molecule has 1 saturated heterocycles. The van der Waals surface area contributed by atoms with Crippen molar-refractivity contribution in [2.24, 2.45) is 11.8 Å². The summed E-state index contributed by atoms with van der Waals surface area (Å²) in [6.45, 7) is 4.99. The summed E-state index contributed by atoms with van der Waals surface area (Å²) in [7, 11) is 1.71. The Kier molecular flexibility index (Phi) is 9.74. The lowest BCUT2D eigenvalue weighted by Gasteiger charge is -2.38. The third-order valence-corrected chi connectivity index (χ3v) is 8.22. The van der Waals surface area contributed by atoms with Crippen molar-refractivity contribution in [2.75, 3.05) is 39.8 Å². The highest BCUT2D eigenvalue weighted by molar-refractivity contribution is 9.10. The molecule has 1 aliphatic heterocycles. The van der Waals surface area contributed by atoms with E-state index in [9.17, 15) is 13.2 Å². The molecule has 1 aromatic carbocycles. The summed E-state index contributed by atoms with van der Waals surface area (Å²) in [6.07, 6.45) is 4.57. The second-order valence-corrected chi connectivity index (χ2v) is 10.4. The van der Waals surface area contributed by atoms with E-state index in [0.717, 1.165) is 62.0 Å². The highest BCUT2D eigenvalue weighted by Gasteiger charge is 2.34. The van der Waals surface area contributed by atoms with Crippen LogP contribution in [0.15, 0.2) is 22.7 Å². The first-order valence-corrected chi connectivity index (χ1v) is 12.9. The predicted octanol–water partition coefficient (Wildman–Crippen LogP) is 6.55.